The molecule has 0 bridgehead atoms. The number of aromatic nitrogens is 1. The zero-order chi connectivity index (χ0) is 18.8. The molecule has 7 heteroatoms. The van der Waals surface area contributed by atoms with Crippen LogP contribution in [0.1, 0.15) is 36.7 Å². The van der Waals surface area contributed by atoms with E-state index in [1.54, 1.807) is 30.6 Å². The van der Waals surface area contributed by atoms with Gasteiger partial charge in [-0.2, -0.15) is 5.10 Å². The number of hydrazone groups is 1. The van der Waals surface area contributed by atoms with E-state index >= 15 is 0 Å². The van der Waals surface area contributed by atoms with E-state index < -0.39 is 0 Å². The van der Waals surface area contributed by atoms with Gasteiger partial charge >= 0.3 is 0 Å². The van der Waals surface area contributed by atoms with Crippen molar-refractivity contribution in [1.29, 1.82) is 0 Å². The van der Waals surface area contributed by atoms with Gasteiger partial charge in [0.05, 0.1) is 26.0 Å². The number of rotatable bonds is 9. The van der Waals surface area contributed by atoms with E-state index in [1.165, 1.54) is 6.21 Å². The fourth-order valence-electron chi connectivity index (χ4n) is 2.20. The number of benzene rings is 1. The minimum absolute atomic E-state index is 0.365. The number of ether oxygens (including phenoxy) is 3. The highest BCUT2D eigenvalue weighted by Crippen LogP contribution is 2.39. The maximum atomic E-state index is 12.4. The van der Waals surface area contributed by atoms with Gasteiger partial charge in [0.2, 0.25) is 5.75 Å². The van der Waals surface area contributed by atoms with Crippen LogP contribution in [-0.2, 0) is 0 Å². The Hall–Kier alpha value is -3.09. The number of hydrogen-bond acceptors (Lipinski definition) is 6. The third-order valence-corrected chi connectivity index (χ3v) is 3.24. The van der Waals surface area contributed by atoms with Crippen LogP contribution in [0.25, 0.3) is 0 Å². The Balaban J connectivity index is 2.23. The van der Waals surface area contributed by atoms with Crippen LogP contribution in [0.5, 0.6) is 17.2 Å². The first-order chi connectivity index (χ1) is 12.7. The Morgan fingerprint density at radius 3 is 2.31 bits per heavy atom. The number of pyridine rings is 1. The number of nitrogens with one attached hydrogen (secondary N) is 1. The molecule has 0 radical (unpaired) electrons. The molecule has 1 N–H and O–H groups in total. The lowest BCUT2D eigenvalue weighted by molar-refractivity contribution is 0.0954. The molecule has 2 aromatic rings. The predicted molar refractivity (Wildman–Crippen MR) is 99.2 cm³/mol. The Kier molecular flexibility index (Phi) is 7.42. The average molecular weight is 357 g/mol. The fraction of sp³-hybridized carbons (Fsp3) is 0.316. The fourth-order valence-corrected chi connectivity index (χ4v) is 2.20. The molecule has 0 atom stereocenters. The number of amides is 1. The Labute approximate surface area is 153 Å². The Bertz CT molecular complexity index is 721. The van der Waals surface area contributed by atoms with Crippen molar-refractivity contribution in [3.63, 3.8) is 0 Å². The lowest BCUT2D eigenvalue weighted by Gasteiger charge is -2.16. The van der Waals surface area contributed by atoms with E-state index in [0.29, 0.717) is 42.6 Å². The van der Waals surface area contributed by atoms with Crippen molar-refractivity contribution in [2.75, 3.05) is 19.8 Å². The smallest absolute Gasteiger partial charge is 0.271 e. The van der Waals surface area contributed by atoms with Gasteiger partial charge in [-0.1, -0.05) is 6.07 Å². The molecule has 7 nitrogen and oxygen atoms in total. The summed E-state index contributed by atoms with van der Waals surface area (Å²) in [6.07, 6.45) is 4.83. The normalized spacial score (nSPS) is 10.6. The number of carbonyl (C=O) groups excluding carboxylic acids is 1. The van der Waals surface area contributed by atoms with Crippen LogP contribution < -0.4 is 19.6 Å². The topological polar surface area (TPSA) is 82.0 Å². The maximum Gasteiger partial charge on any atom is 0.271 e. The van der Waals surface area contributed by atoms with Crippen LogP contribution in [-0.4, -0.2) is 36.9 Å². The first-order valence-electron chi connectivity index (χ1n) is 8.49. The first-order valence-corrected chi connectivity index (χ1v) is 8.49. The van der Waals surface area contributed by atoms with Crippen molar-refractivity contribution in [3.8, 4) is 17.2 Å². The van der Waals surface area contributed by atoms with Gasteiger partial charge in [0, 0.05) is 23.5 Å². The number of nitrogens with zero attached hydrogens (tertiary/aromatic N) is 2. The maximum absolute atomic E-state index is 12.4. The molecule has 0 saturated heterocycles. The van der Waals surface area contributed by atoms with Gasteiger partial charge in [-0.3, -0.25) is 9.78 Å². The molecule has 0 aliphatic carbocycles. The van der Waals surface area contributed by atoms with E-state index in [2.05, 4.69) is 15.5 Å². The predicted octanol–water partition coefficient (Wildman–Crippen LogP) is 3.04. The minimum Gasteiger partial charge on any atom is -0.490 e. The molecule has 1 heterocycles. The highest BCUT2D eigenvalue weighted by molar-refractivity contribution is 5.96. The van der Waals surface area contributed by atoms with E-state index in [0.717, 1.165) is 5.56 Å². The highest BCUT2D eigenvalue weighted by Gasteiger charge is 2.18. The quantitative estimate of drug-likeness (QED) is 0.551. The number of hydrogen-bond donors (Lipinski definition) is 1. The summed E-state index contributed by atoms with van der Waals surface area (Å²) in [5.74, 6) is 1.03. The molecule has 0 aliphatic heterocycles. The number of carbonyl (C=O) groups is 1. The standard InChI is InChI=1S/C19H23N3O4/c1-4-24-16-10-15(11-17(25-5-2)18(16)26-6-3)19(23)22-21-13-14-8-7-9-20-12-14/h7-13H,4-6H2,1-3H3,(H,22,23). The zero-order valence-corrected chi connectivity index (χ0v) is 15.2. The third-order valence-electron chi connectivity index (χ3n) is 3.24. The molecule has 138 valence electrons. The molecule has 0 saturated carbocycles. The van der Waals surface area contributed by atoms with Gasteiger partial charge in [-0.15, -0.1) is 0 Å². The molecule has 1 amide bonds. The summed E-state index contributed by atoms with van der Waals surface area (Å²) in [7, 11) is 0. The van der Waals surface area contributed by atoms with Gasteiger partial charge in [0.25, 0.3) is 5.91 Å². The van der Waals surface area contributed by atoms with Crippen LogP contribution in [0.3, 0.4) is 0 Å². The molecule has 2 rings (SSSR count). The summed E-state index contributed by atoms with van der Waals surface area (Å²) in [6, 6.07) is 6.86. The molecule has 1 aromatic heterocycles. The second kappa shape index (κ2) is 10.0. The second-order valence-corrected chi connectivity index (χ2v) is 5.09. The van der Waals surface area contributed by atoms with E-state index in [4.69, 9.17) is 14.2 Å². The van der Waals surface area contributed by atoms with Crippen LogP contribution in [0.15, 0.2) is 41.8 Å². The summed E-state index contributed by atoms with van der Waals surface area (Å²) in [5, 5.41) is 3.95. The van der Waals surface area contributed by atoms with Crippen molar-refractivity contribution in [2.45, 2.75) is 20.8 Å². The van der Waals surface area contributed by atoms with E-state index in [9.17, 15) is 4.79 Å². The molecule has 1 aromatic carbocycles. The lowest BCUT2D eigenvalue weighted by Crippen LogP contribution is -2.18. The SMILES string of the molecule is CCOc1cc(C(=O)NN=Cc2cccnc2)cc(OCC)c1OCC. The Morgan fingerprint density at radius 2 is 1.77 bits per heavy atom. The molecule has 0 aliphatic rings. The van der Waals surface area contributed by atoms with Gasteiger partial charge in [-0.25, -0.2) is 5.43 Å². The minimum atomic E-state index is -0.380. The highest BCUT2D eigenvalue weighted by atomic mass is 16.5. The molecule has 0 unspecified atom stereocenters. The van der Waals surface area contributed by atoms with Crippen molar-refractivity contribution < 1.29 is 19.0 Å². The van der Waals surface area contributed by atoms with E-state index in [-0.39, 0.29) is 5.91 Å². The molecular weight excluding hydrogens is 334 g/mol. The largest absolute Gasteiger partial charge is 0.490 e. The third kappa shape index (κ3) is 5.20. The summed E-state index contributed by atoms with van der Waals surface area (Å²) < 4.78 is 16.8. The summed E-state index contributed by atoms with van der Waals surface area (Å²) in [5.41, 5.74) is 3.63. The van der Waals surface area contributed by atoms with Gasteiger partial charge in [-0.05, 0) is 39.0 Å². The van der Waals surface area contributed by atoms with Crippen molar-refractivity contribution in [1.82, 2.24) is 10.4 Å². The lowest BCUT2D eigenvalue weighted by atomic mass is 10.1. The van der Waals surface area contributed by atoms with Gasteiger partial charge in [0.15, 0.2) is 11.5 Å². The van der Waals surface area contributed by atoms with Crippen LogP contribution in [0.4, 0.5) is 0 Å². The van der Waals surface area contributed by atoms with Crippen LogP contribution in [0, 0.1) is 0 Å². The van der Waals surface area contributed by atoms with Crippen molar-refractivity contribution >= 4 is 12.1 Å². The monoisotopic (exact) mass is 357 g/mol. The first kappa shape index (κ1) is 19.2. The molecule has 26 heavy (non-hydrogen) atoms. The van der Waals surface area contributed by atoms with Crippen molar-refractivity contribution in [2.24, 2.45) is 5.10 Å². The van der Waals surface area contributed by atoms with Crippen molar-refractivity contribution in [3.05, 3.63) is 47.8 Å². The zero-order valence-electron chi connectivity index (χ0n) is 15.2. The summed E-state index contributed by atoms with van der Waals surface area (Å²) in [4.78, 5) is 16.4. The summed E-state index contributed by atoms with van der Waals surface area (Å²) in [6.45, 7) is 6.94. The average Bonchev–Trinajstić information content (AvgIpc) is 2.65. The molecular formula is C19H23N3O4. The summed E-state index contributed by atoms with van der Waals surface area (Å²) >= 11 is 0. The molecule has 0 fully saturated rings. The van der Waals surface area contributed by atoms with Crippen LogP contribution in [0.2, 0.25) is 0 Å². The molecule has 0 spiro atoms. The van der Waals surface area contributed by atoms with Gasteiger partial charge in [0.1, 0.15) is 0 Å². The Morgan fingerprint density at radius 1 is 1.12 bits per heavy atom. The van der Waals surface area contributed by atoms with E-state index in [1.807, 2.05) is 26.8 Å². The second-order valence-electron chi connectivity index (χ2n) is 5.09. The van der Waals surface area contributed by atoms with Crippen LogP contribution >= 0.6 is 0 Å². The van der Waals surface area contributed by atoms with Gasteiger partial charge < -0.3 is 14.2 Å².